The first-order chi connectivity index (χ1) is 22.7. The van der Waals surface area contributed by atoms with Crippen LogP contribution in [0.5, 0.6) is 0 Å². The number of benzene rings is 2. The van der Waals surface area contributed by atoms with Crippen molar-refractivity contribution in [1.82, 2.24) is 4.98 Å². The van der Waals surface area contributed by atoms with E-state index in [1.54, 1.807) is 6.07 Å². The van der Waals surface area contributed by atoms with E-state index in [1.807, 2.05) is 32.2 Å². The Morgan fingerprint density at radius 1 is 0.851 bits per heavy atom. The van der Waals surface area contributed by atoms with Gasteiger partial charge in [0.05, 0.1) is 23.8 Å². The molecule has 0 radical (unpaired) electrons. The number of allylic oxidation sites excluding steroid dienone is 6. The van der Waals surface area contributed by atoms with Crippen molar-refractivity contribution in [2.24, 2.45) is 15.9 Å². The molecule has 4 nitrogen and oxygen atoms in total. The second kappa shape index (κ2) is 14.3. The Labute approximate surface area is 276 Å². The zero-order valence-electron chi connectivity index (χ0n) is 27.5. The van der Waals surface area contributed by atoms with Crippen LogP contribution in [0.2, 0.25) is 0 Å². The van der Waals surface area contributed by atoms with Crippen LogP contribution in [0.4, 0.5) is 8.78 Å². The molecule has 6 rings (SSSR count). The molecule has 0 amide bonds. The highest BCUT2D eigenvalue weighted by atomic mass is 19.2. The lowest BCUT2D eigenvalue weighted by molar-refractivity contribution is 0.197. The van der Waals surface area contributed by atoms with Gasteiger partial charge < -0.3 is 4.74 Å². The zero-order valence-corrected chi connectivity index (χ0v) is 27.5. The second-order valence-corrected chi connectivity index (χ2v) is 12.6. The quantitative estimate of drug-likeness (QED) is 0.271. The van der Waals surface area contributed by atoms with Crippen molar-refractivity contribution in [2.45, 2.75) is 59.8 Å². The fourth-order valence-corrected chi connectivity index (χ4v) is 6.28. The van der Waals surface area contributed by atoms with Crippen molar-refractivity contribution >= 4 is 17.5 Å². The number of hydrogen-bond acceptors (Lipinski definition) is 4. The van der Waals surface area contributed by atoms with E-state index in [9.17, 15) is 8.78 Å². The molecule has 3 aromatic rings. The zero-order chi connectivity index (χ0) is 32.9. The molecule has 2 aromatic carbocycles. The van der Waals surface area contributed by atoms with E-state index >= 15 is 0 Å². The molecule has 0 spiro atoms. The van der Waals surface area contributed by atoms with Crippen LogP contribution in [0.1, 0.15) is 79.6 Å². The van der Waals surface area contributed by atoms with Crippen LogP contribution < -0.4 is 0 Å². The maximum atomic E-state index is 14.7. The average Bonchev–Trinajstić information content (AvgIpc) is 3.31. The minimum absolute atomic E-state index is 0.206. The third-order valence-electron chi connectivity index (χ3n) is 8.87. The number of hydrogen-bond donors (Lipinski definition) is 0. The van der Waals surface area contributed by atoms with Crippen molar-refractivity contribution in [2.75, 3.05) is 13.2 Å². The Morgan fingerprint density at radius 2 is 1.60 bits per heavy atom. The van der Waals surface area contributed by atoms with Crippen molar-refractivity contribution in [3.8, 4) is 11.8 Å². The van der Waals surface area contributed by atoms with Crippen LogP contribution in [-0.2, 0) is 4.74 Å². The summed E-state index contributed by atoms with van der Waals surface area (Å²) in [5, 5.41) is 0. The molecule has 3 aliphatic rings. The molecule has 0 saturated heterocycles. The minimum Gasteiger partial charge on any atom is -0.498 e. The Bertz CT molecular complexity index is 1930. The van der Waals surface area contributed by atoms with Gasteiger partial charge in [0.1, 0.15) is 0 Å². The lowest BCUT2D eigenvalue weighted by Crippen LogP contribution is -2.11. The van der Waals surface area contributed by atoms with E-state index in [4.69, 9.17) is 14.7 Å². The number of fused-ring (bicyclic) bond motifs is 1. The molecule has 238 valence electrons. The first kappa shape index (κ1) is 32.1. The summed E-state index contributed by atoms with van der Waals surface area (Å²) in [6.45, 7) is 9.50. The third kappa shape index (κ3) is 7.74. The molecule has 0 fully saturated rings. The summed E-state index contributed by atoms with van der Waals surface area (Å²) in [6, 6.07) is 16.7. The minimum atomic E-state index is -0.858. The van der Waals surface area contributed by atoms with Gasteiger partial charge in [-0.15, -0.1) is 0 Å². The summed E-state index contributed by atoms with van der Waals surface area (Å²) in [6.07, 6.45) is 9.80. The van der Waals surface area contributed by atoms with Gasteiger partial charge in [-0.1, -0.05) is 47.3 Å². The Morgan fingerprint density at radius 3 is 2.38 bits per heavy atom. The van der Waals surface area contributed by atoms with Crippen LogP contribution in [-0.4, -0.2) is 30.1 Å². The first-order valence-electron chi connectivity index (χ1n) is 16.3. The molecule has 1 unspecified atom stereocenters. The van der Waals surface area contributed by atoms with Crippen molar-refractivity contribution in [3.05, 3.63) is 140 Å². The molecule has 4 heterocycles. The van der Waals surface area contributed by atoms with Gasteiger partial charge >= 0.3 is 0 Å². The maximum Gasteiger partial charge on any atom is 0.167 e. The molecule has 3 aliphatic heterocycles. The van der Waals surface area contributed by atoms with Gasteiger partial charge in [-0.3, -0.25) is 15.0 Å². The normalized spacial score (nSPS) is 18.3. The summed E-state index contributed by atoms with van der Waals surface area (Å²) in [5.74, 6) is 6.00. The highest BCUT2D eigenvalue weighted by Crippen LogP contribution is 2.33. The Hall–Kier alpha value is -4.89. The van der Waals surface area contributed by atoms with E-state index in [-0.39, 0.29) is 11.5 Å². The molecular weight excluding hydrogens is 588 g/mol. The number of rotatable bonds is 4. The van der Waals surface area contributed by atoms with Crippen LogP contribution >= 0.6 is 0 Å². The molecule has 0 bridgehead atoms. The van der Waals surface area contributed by atoms with Gasteiger partial charge in [0, 0.05) is 59.3 Å². The molecule has 47 heavy (non-hydrogen) atoms. The van der Waals surface area contributed by atoms with Crippen LogP contribution in [0.3, 0.4) is 0 Å². The monoisotopic (exact) mass is 627 g/mol. The summed E-state index contributed by atoms with van der Waals surface area (Å²) in [5.41, 5.74) is 11.1. The number of halogens is 2. The SMILES string of the molecule is CC1=C2C=NCC(CC3=CC(c4ccc(C#Cc5cc(C)nc(C)c5)cc4)=C(C)CCO3)CC=C2N=C(c2cccc(F)c2F)CC1. The number of ether oxygens (including phenoxy) is 1. The van der Waals surface area contributed by atoms with E-state index < -0.39 is 11.6 Å². The van der Waals surface area contributed by atoms with Crippen LogP contribution in [0, 0.1) is 43.2 Å². The lowest BCUT2D eigenvalue weighted by Gasteiger charge is -2.18. The van der Waals surface area contributed by atoms with Crippen molar-refractivity contribution in [1.29, 1.82) is 0 Å². The van der Waals surface area contributed by atoms with Gasteiger partial charge in [-0.2, -0.15) is 0 Å². The van der Waals surface area contributed by atoms with E-state index in [2.05, 4.69) is 67.1 Å². The number of nitrogens with zero attached hydrogens (tertiary/aromatic N) is 3. The topological polar surface area (TPSA) is 46.8 Å². The predicted octanol–water partition coefficient (Wildman–Crippen LogP) is 9.42. The molecule has 0 saturated carbocycles. The third-order valence-corrected chi connectivity index (χ3v) is 8.87. The van der Waals surface area contributed by atoms with E-state index in [0.717, 1.165) is 76.0 Å². The highest BCUT2D eigenvalue weighted by Gasteiger charge is 2.22. The van der Waals surface area contributed by atoms with Gasteiger partial charge in [-0.25, -0.2) is 8.78 Å². The molecule has 0 aliphatic carbocycles. The molecular formula is C41H39F2N3O. The van der Waals surface area contributed by atoms with Gasteiger partial charge in [-0.05, 0) is 106 Å². The molecule has 6 heteroatoms. The Kier molecular flexibility index (Phi) is 9.73. The molecule has 1 aromatic heterocycles. The predicted molar refractivity (Wildman–Crippen MR) is 186 cm³/mol. The summed E-state index contributed by atoms with van der Waals surface area (Å²) in [4.78, 5) is 14.1. The first-order valence-corrected chi connectivity index (χ1v) is 16.3. The van der Waals surface area contributed by atoms with Gasteiger partial charge in [0.15, 0.2) is 11.6 Å². The van der Waals surface area contributed by atoms with Crippen molar-refractivity contribution < 1.29 is 13.5 Å². The summed E-state index contributed by atoms with van der Waals surface area (Å²) in [7, 11) is 0. The number of aromatic nitrogens is 1. The Balaban J connectivity index is 1.21. The summed E-state index contributed by atoms with van der Waals surface area (Å²) >= 11 is 0. The van der Waals surface area contributed by atoms with Crippen LogP contribution in [0.15, 0.2) is 105 Å². The van der Waals surface area contributed by atoms with Crippen LogP contribution in [0.25, 0.3) is 5.57 Å². The second-order valence-electron chi connectivity index (χ2n) is 12.6. The average molecular weight is 628 g/mol. The van der Waals surface area contributed by atoms with E-state index in [0.29, 0.717) is 31.7 Å². The number of aliphatic imine (C=N–C) groups is 2. The van der Waals surface area contributed by atoms with Gasteiger partial charge in [0.2, 0.25) is 0 Å². The number of pyridine rings is 1. The van der Waals surface area contributed by atoms with Crippen molar-refractivity contribution in [3.63, 3.8) is 0 Å². The molecule has 0 N–H and O–H groups in total. The number of aryl methyl sites for hydroxylation is 2. The largest absolute Gasteiger partial charge is 0.498 e. The fourth-order valence-electron chi connectivity index (χ4n) is 6.28. The smallest absolute Gasteiger partial charge is 0.167 e. The molecule has 1 atom stereocenters. The van der Waals surface area contributed by atoms with Gasteiger partial charge in [0.25, 0.3) is 0 Å². The lowest BCUT2D eigenvalue weighted by atomic mass is 9.94. The highest BCUT2D eigenvalue weighted by molar-refractivity contribution is 6.03. The maximum absolute atomic E-state index is 14.7. The fraction of sp³-hybridized carbons (Fsp3) is 0.293. The standard InChI is InChI=1S/C41H39F2N3O/c1-26-8-16-39(35-6-5-7-38(42)41(35)43)46-40-17-13-32(24-44-25-37(26)40)22-34-23-36(27(2)18-19-47-34)33-14-11-30(12-15-33)9-10-31-20-28(3)45-29(4)21-31/h5-7,11-12,14-15,17,20-21,23,25,32H,8,13,16,18-19,22,24H2,1-4H3. The van der Waals surface area contributed by atoms with E-state index in [1.165, 1.54) is 17.2 Å². The summed E-state index contributed by atoms with van der Waals surface area (Å²) < 4.78 is 35.1.